The first-order valence-electron chi connectivity index (χ1n) is 9.20. The van der Waals surface area contributed by atoms with Gasteiger partial charge in [0.2, 0.25) is 0 Å². The topological polar surface area (TPSA) is 27.7 Å². The lowest BCUT2D eigenvalue weighted by Crippen LogP contribution is -2.35. The van der Waals surface area contributed by atoms with Crippen LogP contribution >= 0.6 is 0 Å². The molecule has 1 heterocycles. The molecule has 3 nitrogen and oxygen atoms in total. The molecule has 0 bridgehead atoms. The van der Waals surface area contributed by atoms with Crippen molar-refractivity contribution in [1.29, 1.82) is 0 Å². The highest BCUT2D eigenvalue weighted by molar-refractivity contribution is 4.97. The molecule has 6 unspecified atom stereocenters. The summed E-state index contributed by atoms with van der Waals surface area (Å²) in [5.41, 5.74) is 0. The summed E-state index contributed by atoms with van der Waals surface area (Å²) in [6.07, 6.45) is 11.5. The van der Waals surface area contributed by atoms with Gasteiger partial charge in [-0.2, -0.15) is 0 Å². The Morgan fingerprint density at radius 3 is 2.05 bits per heavy atom. The Labute approximate surface area is 129 Å². The number of hydrogen-bond donors (Lipinski definition) is 0. The monoisotopic (exact) mass is 296 g/mol. The predicted octanol–water partition coefficient (Wildman–Crippen LogP) is 3.94. The summed E-state index contributed by atoms with van der Waals surface area (Å²) in [6.45, 7) is 6.08. The van der Waals surface area contributed by atoms with Gasteiger partial charge in [-0.05, 0) is 50.9 Å². The zero-order chi connectivity index (χ0) is 14.7. The summed E-state index contributed by atoms with van der Waals surface area (Å²) in [6, 6.07) is 0. The molecule has 2 saturated carbocycles. The fourth-order valence-electron chi connectivity index (χ4n) is 4.68. The zero-order valence-corrected chi connectivity index (χ0v) is 13.8. The van der Waals surface area contributed by atoms with E-state index in [1.807, 2.05) is 0 Å². The van der Waals surface area contributed by atoms with E-state index in [0.717, 1.165) is 37.9 Å². The average Bonchev–Trinajstić information content (AvgIpc) is 2.84. The van der Waals surface area contributed by atoms with Gasteiger partial charge in [0.05, 0.1) is 24.4 Å². The first kappa shape index (κ1) is 15.8. The Bertz CT molecular complexity index is 320. The predicted molar refractivity (Wildman–Crippen MR) is 83.4 cm³/mol. The van der Waals surface area contributed by atoms with Gasteiger partial charge in [-0.1, -0.05) is 13.3 Å². The van der Waals surface area contributed by atoms with Crippen molar-refractivity contribution >= 4 is 0 Å². The van der Waals surface area contributed by atoms with Crippen molar-refractivity contribution < 1.29 is 14.2 Å². The van der Waals surface area contributed by atoms with E-state index >= 15 is 0 Å². The molecule has 6 atom stereocenters. The lowest BCUT2D eigenvalue weighted by Gasteiger charge is -2.35. The molecular weight excluding hydrogens is 264 g/mol. The first-order chi connectivity index (χ1) is 10.3. The van der Waals surface area contributed by atoms with E-state index in [4.69, 9.17) is 14.2 Å². The van der Waals surface area contributed by atoms with Crippen LogP contribution in [0, 0.1) is 11.8 Å². The summed E-state index contributed by atoms with van der Waals surface area (Å²) in [5, 5.41) is 0. The summed E-state index contributed by atoms with van der Waals surface area (Å²) in [7, 11) is 0. The van der Waals surface area contributed by atoms with Crippen LogP contribution in [-0.4, -0.2) is 37.6 Å². The Hall–Kier alpha value is -0.120. The lowest BCUT2D eigenvalue weighted by molar-refractivity contribution is -0.0665. The van der Waals surface area contributed by atoms with Crippen LogP contribution < -0.4 is 0 Å². The quantitative estimate of drug-likeness (QED) is 0.695. The number of rotatable bonds is 6. The van der Waals surface area contributed by atoms with Crippen LogP contribution in [0.15, 0.2) is 0 Å². The highest BCUT2D eigenvalue weighted by Gasteiger charge is 2.49. The molecule has 122 valence electrons. The van der Waals surface area contributed by atoms with Gasteiger partial charge in [0.1, 0.15) is 0 Å². The van der Waals surface area contributed by atoms with Crippen molar-refractivity contribution in [3.05, 3.63) is 0 Å². The molecule has 2 aliphatic carbocycles. The SMILES string of the molecule is CCCCOC1CCC2C(C1)OC1CC(OCC)CCC12. The number of ether oxygens (including phenoxy) is 3. The third-order valence-corrected chi connectivity index (χ3v) is 5.74. The molecule has 3 aliphatic rings. The molecule has 0 N–H and O–H groups in total. The molecule has 0 aromatic rings. The third kappa shape index (κ3) is 3.62. The molecule has 1 saturated heterocycles. The smallest absolute Gasteiger partial charge is 0.0635 e. The summed E-state index contributed by atoms with van der Waals surface area (Å²) < 4.78 is 18.3. The second-order valence-corrected chi connectivity index (χ2v) is 7.09. The van der Waals surface area contributed by atoms with Crippen LogP contribution in [0.4, 0.5) is 0 Å². The van der Waals surface area contributed by atoms with Crippen molar-refractivity contribution in [2.24, 2.45) is 11.8 Å². The van der Waals surface area contributed by atoms with Crippen molar-refractivity contribution in [3.8, 4) is 0 Å². The lowest BCUT2D eigenvalue weighted by atomic mass is 9.72. The van der Waals surface area contributed by atoms with E-state index in [1.54, 1.807) is 0 Å². The van der Waals surface area contributed by atoms with Gasteiger partial charge >= 0.3 is 0 Å². The van der Waals surface area contributed by atoms with Gasteiger partial charge in [0.15, 0.2) is 0 Å². The van der Waals surface area contributed by atoms with Crippen molar-refractivity contribution in [2.45, 2.75) is 89.6 Å². The van der Waals surface area contributed by atoms with E-state index < -0.39 is 0 Å². The van der Waals surface area contributed by atoms with E-state index in [9.17, 15) is 0 Å². The van der Waals surface area contributed by atoms with Gasteiger partial charge < -0.3 is 14.2 Å². The molecule has 3 fully saturated rings. The normalized spacial score (nSPS) is 42.6. The summed E-state index contributed by atoms with van der Waals surface area (Å²) in [5.74, 6) is 1.59. The third-order valence-electron chi connectivity index (χ3n) is 5.74. The Morgan fingerprint density at radius 1 is 0.857 bits per heavy atom. The van der Waals surface area contributed by atoms with E-state index in [0.29, 0.717) is 24.4 Å². The van der Waals surface area contributed by atoms with E-state index in [1.165, 1.54) is 38.5 Å². The number of unbranched alkanes of at least 4 members (excludes halogenated alkanes) is 1. The van der Waals surface area contributed by atoms with Crippen LogP contribution in [0.2, 0.25) is 0 Å². The zero-order valence-electron chi connectivity index (χ0n) is 13.8. The number of fused-ring (bicyclic) bond motifs is 3. The first-order valence-corrected chi connectivity index (χ1v) is 9.20. The molecule has 0 amide bonds. The standard InChI is InChI=1S/C18H32O3/c1-3-5-10-20-14-7-9-16-15-8-6-13(19-4-2)11-17(15)21-18(16)12-14/h13-18H,3-12H2,1-2H3. The van der Waals surface area contributed by atoms with E-state index in [2.05, 4.69) is 13.8 Å². The molecule has 0 aromatic carbocycles. The molecule has 0 spiro atoms. The Balaban J connectivity index is 1.50. The second-order valence-electron chi connectivity index (χ2n) is 7.09. The van der Waals surface area contributed by atoms with Gasteiger partial charge in [0.25, 0.3) is 0 Å². The molecule has 0 radical (unpaired) electrons. The minimum atomic E-state index is 0.438. The van der Waals surface area contributed by atoms with Crippen LogP contribution in [0.3, 0.4) is 0 Å². The Kier molecular flexibility index (Phi) is 5.58. The minimum Gasteiger partial charge on any atom is -0.378 e. The fraction of sp³-hybridized carbons (Fsp3) is 1.00. The maximum absolute atomic E-state index is 6.42. The molecular formula is C18H32O3. The molecule has 3 rings (SSSR count). The summed E-state index contributed by atoms with van der Waals surface area (Å²) >= 11 is 0. The number of hydrogen-bond acceptors (Lipinski definition) is 3. The largest absolute Gasteiger partial charge is 0.378 e. The van der Waals surface area contributed by atoms with Gasteiger partial charge in [-0.15, -0.1) is 0 Å². The van der Waals surface area contributed by atoms with Crippen LogP contribution in [0.1, 0.15) is 65.2 Å². The molecule has 0 aromatic heterocycles. The highest BCUT2D eigenvalue weighted by Crippen LogP contribution is 2.48. The highest BCUT2D eigenvalue weighted by atomic mass is 16.5. The van der Waals surface area contributed by atoms with E-state index in [-0.39, 0.29) is 0 Å². The van der Waals surface area contributed by atoms with Crippen molar-refractivity contribution in [1.82, 2.24) is 0 Å². The summed E-state index contributed by atoms with van der Waals surface area (Å²) in [4.78, 5) is 0. The van der Waals surface area contributed by atoms with Gasteiger partial charge in [0, 0.05) is 26.1 Å². The molecule has 1 aliphatic heterocycles. The maximum Gasteiger partial charge on any atom is 0.0635 e. The second kappa shape index (κ2) is 7.43. The maximum atomic E-state index is 6.42. The van der Waals surface area contributed by atoms with Crippen LogP contribution in [-0.2, 0) is 14.2 Å². The van der Waals surface area contributed by atoms with Crippen molar-refractivity contribution in [2.75, 3.05) is 13.2 Å². The van der Waals surface area contributed by atoms with Crippen LogP contribution in [0.5, 0.6) is 0 Å². The minimum absolute atomic E-state index is 0.438. The van der Waals surface area contributed by atoms with Gasteiger partial charge in [-0.25, -0.2) is 0 Å². The van der Waals surface area contributed by atoms with Gasteiger partial charge in [-0.3, -0.25) is 0 Å². The average molecular weight is 296 g/mol. The Morgan fingerprint density at radius 2 is 1.48 bits per heavy atom. The molecule has 21 heavy (non-hydrogen) atoms. The fourth-order valence-corrected chi connectivity index (χ4v) is 4.68. The van der Waals surface area contributed by atoms with Crippen molar-refractivity contribution in [3.63, 3.8) is 0 Å². The van der Waals surface area contributed by atoms with Crippen LogP contribution in [0.25, 0.3) is 0 Å². The molecule has 3 heteroatoms.